The molecule has 0 bridgehead atoms. The molecule has 0 saturated carbocycles. The van der Waals surface area contributed by atoms with E-state index in [2.05, 4.69) is 0 Å². The number of ether oxygens (including phenoxy) is 2. The molecule has 0 fully saturated rings. The zero-order chi connectivity index (χ0) is 12.7. The van der Waals surface area contributed by atoms with E-state index in [0.717, 1.165) is 5.56 Å². The van der Waals surface area contributed by atoms with Gasteiger partial charge in [0.05, 0.1) is 6.61 Å². The largest absolute Gasteiger partial charge is 0.465 e. The molecule has 1 aromatic carbocycles. The maximum atomic E-state index is 11.6. The van der Waals surface area contributed by atoms with Crippen molar-refractivity contribution in [3.8, 4) is 0 Å². The van der Waals surface area contributed by atoms with E-state index in [9.17, 15) is 4.79 Å². The van der Waals surface area contributed by atoms with Crippen LogP contribution in [0, 0.1) is 0 Å². The highest BCUT2D eigenvalue weighted by Crippen LogP contribution is 2.20. The molecule has 2 atom stereocenters. The number of rotatable bonds is 6. The molecular weight excluding hydrogens is 218 g/mol. The van der Waals surface area contributed by atoms with Crippen LogP contribution in [0.2, 0.25) is 0 Å². The fraction of sp³-hybridized carbons (Fsp3) is 0.462. The van der Waals surface area contributed by atoms with Crippen molar-refractivity contribution in [2.45, 2.75) is 26.0 Å². The van der Waals surface area contributed by atoms with Crippen molar-refractivity contribution in [1.82, 2.24) is 0 Å². The Balaban J connectivity index is 2.82. The van der Waals surface area contributed by atoms with Gasteiger partial charge in [-0.1, -0.05) is 30.3 Å². The first-order valence-electron chi connectivity index (χ1n) is 5.79. The fourth-order valence-electron chi connectivity index (χ4n) is 1.59. The van der Waals surface area contributed by atoms with Gasteiger partial charge in [0.15, 0.2) is 0 Å². The first kappa shape index (κ1) is 13.7. The number of benzene rings is 1. The normalized spacial score (nSPS) is 14.1. The maximum Gasteiger partial charge on any atom is 0.325 e. The second kappa shape index (κ2) is 7.04. The van der Waals surface area contributed by atoms with Crippen molar-refractivity contribution >= 4 is 5.97 Å². The van der Waals surface area contributed by atoms with Gasteiger partial charge in [0, 0.05) is 6.61 Å². The second-order valence-corrected chi connectivity index (χ2v) is 3.56. The van der Waals surface area contributed by atoms with E-state index in [0.29, 0.717) is 13.2 Å². The standard InChI is InChI=1S/C13H19NO3/c1-3-16-12(10-8-6-5-7-9-10)11(14)13(15)17-4-2/h5-9,11-12H,3-4,14H2,1-2H3. The second-order valence-electron chi connectivity index (χ2n) is 3.56. The summed E-state index contributed by atoms with van der Waals surface area (Å²) in [4.78, 5) is 11.6. The van der Waals surface area contributed by atoms with Gasteiger partial charge >= 0.3 is 5.97 Å². The van der Waals surface area contributed by atoms with Crippen LogP contribution in [-0.2, 0) is 14.3 Å². The number of nitrogens with two attached hydrogens (primary N) is 1. The summed E-state index contributed by atoms with van der Waals surface area (Å²) in [5.74, 6) is -0.435. The Morgan fingerprint density at radius 3 is 2.41 bits per heavy atom. The van der Waals surface area contributed by atoms with Crippen molar-refractivity contribution in [2.24, 2.45) is 5.73 Å². The van der Waals surface area contributed by atoms with Crippen LogP contribution < -0.4 is 5.73 Å². The maximum absolute atomic E-state index is 11.6. The summed E-state index contributed by atoms with van der Waals surface area (Å²) in [5, 5.41) is 0. The Bertz CT molecular complexity index is 340. The predicted octanol–water partition coefficient (Wildman–Crippen LogP) is 1.65. The minimum atomic E-state index is -0.794. The number of carbonyl (C=O) groups is 1. The smallest absolute Gasteiger partial charge is 0.325 e. The first-order chi connectivity index (χ1) is 8.20. The zero-order valence-electron chi connectivity index (χ0n) is 10.3. The molecule has 0 saturated heterocycles. The lowest BCUT2D eigenvalue weighted by molar-refractivity contribution is -0.148. The predicted molar refractivity (Wildman–Crippen MR) is 65.4 cm³/mol. The Morgan fingerprint density at radius 2 is 1.88 bits per heavy atom. The molecule has 2 unspecified atom stereocenters. The number of hydrogen-bond acceptors (Lipinski definition) is 4. The molecule has 1 aromatic rings. The minimum Gasteiger partial charge on any atom is -0.465 e. The van der Waals surface area contributed by atoms with Crippen molar-refractivity contribution in [1.29, 1.82) is 0 Å². The summed E-state index contributed by atoms with van der Waals surface area (Å²) >= 11 is 0. The number of esters is 1. The SMILES string of the molecule is CCOC(=O)C(N)C(OCC)c1ccccc1. The molecule has 0 aromatic heterocycles. The van der Waals surface area contributed by atoms with Crippen LogP contribution in [0.15, 0.2) is 30.3 Å². The highest BCUT2D eigenvalue weighted by molar-refractivity contribution is 5.76. The lowest BCUT2D eigenvalue weighted by Crippen LogP contribution is -2.39. The first-order valence-corrected chi connectivity index (χ1v) is 5.79. The molecule has 0 aliphatic rings. The van der Waals surface area contributed by atoms with Crippen LogP contribution in [0.1, 0.15) is 25.5 Å². The van der Waals surface area contributed by atoms with Crippen molar-refractivity contribution in [2.75, 3.05) is 13.2 Å². The van der Waals surface area contributed by atoms with Crippen LogP contribution in [0.3, 0.4) is 0 Å². The molecule has 0 radical (unpaired) electrons. The third kappa shape index (κ3) is 3.84. The summed E-state index contributed by atoms with van der Waals surface area (Å²) in [7, 11) is 0. The van der Waals surface area contributed by atoms with Gasteiger partial charge in [-0.2, -0.15) is 0 Å². The van der Waals surface area contributed by atoms with Crippen molar-refractivity contribution < 1.29 is 14.3 Å². The van der Waals surface area contributed by atoms with Crippen LogP contribution in [0.25, 0.3) is 0 Å². The van der Waals surface area contributed by atoms with Crippen LogP contribution in [0.4, 0.5) is 0 Å². The van der Waals surface area contributed by atoms with E-state index in [1.165, 1.54) is 0 Å². The molecule has 0 heterocycles. The van der Waals surface area contributed by atoms with Crippen LogP contribution in [-0.4, -0.2) is 25.2 Å². The lowest BCUT2D eigenvalue weighted by Gasteiger charge is -2.22. The lowest BCUT2D eigenvalue weighted by atomic mass is 10.0. The Morgan fingerprint density at radius 1 is 1.24 bits per heavy atom. The highest BCUT2D eigenvalue weighted by Gasteiger charge is 2.27. The average molecular weight is 237 g/mol. The molecule has 0 amide bonds. The topological polar surface area (TPSA) is 61.5 Å². The molecule has 1 rings (SSSR count). The molecule has 2 N–H and O–H groups in total. The van der Waals surface area contributed by atoms with E-state index in [1.807, 2.05) is 37.3 Å². The molecule has 0 aliphatic carbocycles. The van der Waals surface area contributed by atoms with Gasteiger partial charge in [0.2, 0.25) is 0 Å². The van der Waals surface area contributed by atoms with Crippen LogP contribution >= 0.6 is 0 Å². The molecule has 94 valence electrons. The Labute approximate surface area is 102 Å². The van der Waals surface area contributed by atoms with Gasteiger partial charge in [0.1, 0.15) is 12.1 Å². The van der Waals surface area contributed by atoms with Crippen molar-refractivity contribution in [3.05, 3.63) is 35.9 Å². The summed E-state index contributed by atoms with van der Waals surface area (Å²) in [5.41, 5.74) is 6.75. The summed E-state index contributed by atoms with van der Waals surface area (Å²) in [6, 6.07) is 8.66. The Kier molecular flexibility index (Phi) is 5.66. The summed E-state index contributed by atoms with van der Waals surface area (Å²) < 4.78 is 10.4. The summed E-state index contributed by atoms with van der Waals surface area (Å²) in [6.45, 7) is 4.43. The Hall–Kier alpha value is -1.39. The third-order valence-electron chi connectivity index (χ3n) is 2.36. The van der Waals surface area contributed by atoms with E-state index >= 15 is 0 Å². The zero-order valence-corrected chi connectivity index (χ0v) is 10.3. The molecule has 4 nitrogen and oxygen atoms in total. The highest BCUT2D eigenvalue weighted by atomic mass is 16.5. The van der Waals surface area contributed by atoms with E-state index in [1.54, 1.807) is 6.92 Å². The average Bonchev–Trinajstić information content (AvgIpc) is 2.36. The van der Waals surface area contributed by atoms with Crippen molar-refractivity contribution in [3.63, 3.8) is 0 Å². The molecule has 0 aliphatic heterocycles. The number of hydrogen-bond donors (Lipinski definition) is 1. The summed E-state index contributed by atoms with van der Waals surface area (Å²) in [6.07, 6.45) is -0.458. The van der Waals surface area contributed by atoms with Gasteiger partial charge in [-0.05, 0) is 19.4 Å². The van der Waals surface area contributed by atoms with Gasteiger partial charge in [-0.15, -0.1) is 0 Å². The van der Waals surface area contributed by atoms with Gasteiger partial charge in [-0.25, -0.2) is 0 Å². The third-order valence-corrected chi connectivity index (χ3v) is 2.36. The number of carbonyl (C=O) groups excluding carboxylic acids is 1. The minimum absolute atomic E-state index is 0.320. The van der Waals surface area contributed by atoms with E-state index in [-0.39, 0.29) is 0 Å². The van der Waals surface area contributed by atoms with Gasteiger partial charge < -0.3 is 15.2 Å². The van der Waals surface area contributed by atoms with E-state index in [4.69, 9.17) is 15.2 Å². The monoisotopic (exact) mass is 237 g/mol. The molecule has 4 heteroatoms. The quantitative estimate of drug-likeness (QED) is 0.764. The van der Waals surface area contributed by atoms with Gasteiger partial charge in [0.25, 0.3) is 0 Å². The molecular formula is C13H19NO3. The fourth-order valence-corrected chi connectivity index (χ4v) is 1.59. The molecule has 0 spiro atoms. The molecule has 17 heavy (non-hydrogen) atoms. The van der Waals surface area contributed by atoms with Gasteiger partial charge in [-0.3, -0.25) is 4.79 Å². The van der Waals surface area contributed by atoms with E-state index < -0.39 is 18.1 Å². The van der Waals surface area contributed by atoms with Crippen LogP contribution in [0.5, 0.6) is 0 Å².